The summed E-state index contributed by atoms with van der Waals surface area (Å²) in [6.45, 7) is 16.0. The number of fused-ring (bicyclic) bond motifs is 1. The van der Waals surface area contributed by atoms with Crippen molar-refractivity contribution in [1.29, 1.82) is 0 Å². The first-order valence-corrected chi connectivity index (χ1v) is 19.8. The number of phenolic OH excluding ortho intramolecular Hbond substituents is 1. The van der Waals surface area contributed by atoms with Gasteiger partial charge in [-0.15, -0.1) is 29.3 Å². The molecule has 0 unspecified atom stereocenters. The Morgan fingerprint density at radius 2 is 1.35 bits per heavy atom. The van der Waals surface area contributed by atoms with Crippen molar-refractivity contribution in [3.63, 3.8) is 0 Å². The molecule has 2 heterocycles. The molecule has 0 saturated carbocycles. The summed E-state index contributed by atoms with van der Waals surface area (Å²) in [5, 5.41) is 11.7. The van der Waals surface area contributed by atoms with E-state index in [0.717, 1.165) is 39.0 Å². The molecular formula is C55H54N3OPt-. The number of pyridine rings is 1. The Balaban J connectivity index is 0.00000722. The van der Waals surface area contributed by atoms with Crippen LogP contribution in [0.1, 0.15) is 98.3 Å². The predicted molar refractivity (Wildman–Crippen MR) is 247 cm³/mol. The van der Waals surface area contributed by atoms with Crippen molar-refractivity contribution in [2.45, 2.75) is 85.4 Å². The van der Waals surface area contributed by atoms with Gasteiger partial charge in [-0.3, -0.25) is 9.55 Å². The maximum atomic E-state index is 11.7. The number of benzene rings is 6. The fraction of sp³-hybridized carbons (Fsp3) is 0.236. The summed E-state index contributed by atoms with van der Waals surface area (Å²) < 4.78 is 87.8. The minimum absolute atomic E-state index is 0. The normalized spacial score (nSPS) is 14.7. The van der Waals surface area contributed by atoms with Gasteiger partial charge in [0.1, 0.15) is 11.6 Å². The zero-order valence-electron chi connectivity index (χ0n) is 45.3. The zero-order chi connectivity index (χ0) is 50.4. The van der Waals surface area contributed by atoms with E-state index >= 15 is 0 Å². The molecule has 4 nitrogen and oxygen atoms in total. The van der Waals surface area contributed by atoms with Gasteiger partial charge in [0.05, 0.1) is 26.2 Å². The Kier molecular flexibility index (Phi) is 8.42. The van der Waals surface area contributed by atoms with Crippen molar-refractivity contribution in [3.05, 3.63) is 168 Å². The van der Waals surface area contributed by atoms with Crippen LogP contribution in [0.5, 0.6) is 5.75 Å². The summed E-state index contributed by atoms with van der Waals surface area (Å²) >= 11 is 0. The molecule has 8 aromatic rings. The Bertz CT molecular complexity index is 3330. The standard InChI is InChI=1S/C55H54N3O.Pt/c1-35-19-21-36(22-20-35)38-27-28-56-48(32-38)40-29-39(30-42(31-40)54(5,6)7)45-17-14-18-49-51(45)57-52(46-33-41(53(2,3)4)23-26-50(46)59)58(49)43-24-25-44(37-15-12-11-13-16-37)47(34-43)55(8,9)10;/h11-28,30-34,59H,1-10H3;/q-1;/i1D3,19D,20D,21D,22D,27D,28D,32D;. The molecule has 0 atom stereocenters. The van der Waals surface area contributed by atoms with Gasteiger partial charge in [-0.2, -0.15) is 0 Å². The van der Waals surface area contributed by atoms with Crippen LogP contribution in [0.2, 0.25) is 0 Å². The van der Waals surface area contributed by atoms with E-state index in [9.17, 15) is 6.48 Å². The van der Waals surface area contributed by atoms with Gasteiger partial charge < -0.3 is 5.11 Å². The molecule has 5 heteroatoms. The second kappa shape index (κ2) is 16.1. The second-order valence-corrected chi connectivity index (χ2v) is 18.2. The minimum atomic E-state index is -2.96. The number of nitrogens with zero attached hydrogens (tertiary/aromatic N) is 3. The first-order chi connectivity index (χ1) is 32.1. The monoisotopic (exact) mass is 977 g/mol. The first kappa shape index (κ1) is 31.3. The maximum absolute atomic E-state index is 11.7. The topological polar surface area (TPSA) is 50.9 Å². The van der Waals surface area contributed by atoms with Crippen molar-refractivity contribution in [3.8, 4) is 67.5 Å². The quantitative estimate of drug-likeness (QED) is 0.169. The molecule has 306 valence electrons. The van der Waals surface area contributed by atoms with E-state index in [4.69, 9.17) is 17.3 Å². The molecule has 2 aromatic heterocycles. The Labute approximate surface area is 384 Å². The van der Waals surface area contributed by atoms with Crippen LogP contribution in [0.15, 0.2) is 139 Å². The second-order valence-electron chi connectivity index (χ2n) is 18.2. The summed E-state index contributed by atoms with van der Waals surface area (Å²) in [6, 6.07) is 31.2. The van der Waals surface area contributed by atoms with E-state index in [0.29, 0.717) is 28.0 Å². The van der Waals surface area contributed by atoms with Gasteiger partial charge in [-0.1, -0.05) is 164 Å². The third kappa shape index (κ3) is 8.41. The van der Waals surface area contributed by atoms with Crippen LogP contribution in [0.4, 0.5) is 0 Å². The molecule has 0 aliphatic heterocycles. The molecule has 0 radical (unpaired) electrons. The van der Waals surface area contributed by atoms with Crippen molar-refractivity contribution >= 4 is 11.0 Å². The Morgan fingerprint density at radius 1 is 0.633 bits per heavy atom. The van der Waals surface area contributed by atoms with Gasteiger partial charge in [0.15, 0.2) is 0 Å². The van der Waals surface area contributed by atoms with E-state index in [-0.39, 0.29) is 54.5 Å². The summed E-state index contributed by atoms with van der Waals surface area (Å²) in [6.07, 6.45) is -0.584. The van der Waals surface area contributed by atoms with Gasteiger partial charge in [-0.05, 0) is 92.9 Å². The van der Waals surface area contributed by atoms with Crippen LogP contribution >= 0.6 is 0 Å². The fourth-order valence-electron chi connectivity index (χ4n) is 7.38. The molecule has 1 N–H and O–H groups in total. The predicted octanol–water partition coefficient (Wildman–Crippen LogP) is 14.5. The van der Waals surface area contributed by atoms with Gasteiger partial charge in [0.25, 0.3) is 0 Å². The van der Waals surface area contributed by atoms with Gasteiger partial charge in [-0.25, -0.2) is 4.98 Å². The Morgan fingerprint density at radius 3 is 2.03 bits per heavy atom. The number of imidazole rings is 1. The van der Waals surface area contributed by atoms with Crippen LogP contribution in [-0.2, 0) is 37.3 Å². The Hall–Kier alpha value is -5.57. The third-order valence-corrected chi connectivity index (χ3v) is 10.7. The summed E-state index contributed by atoms with van der Waals surface area (Å²) in [4.78, 5) is 9.81. The molecule has 0 saturated heterocycles. The molecule has 0 bridgehead atoms. The molecule has 6 aromatic carbocycles. The molecule has 0 spiro atoms. The molecule has 0 fully saturated rings. The van der Waals surface area contributed by atoms with E-state index in [1.165, 1.54) is 0 Å². The zero-order valence-corrected chi connectivity index (χ0v) is 37.6. The average molecular weight is 978 g/mol. The number of phenols is 1. The van der Waals surface area contributed by atoms with Gasteiger partial charge in [0.2, 0.25) is 0 Å². The van der Waals surface area contributed by atoms with Crippen LogP contribution in [0, 0.1) is 12.9 Å². The fourth-order valence-corrected chi connectivity index (χ4v) is 7.38. The van der Waals surface area contributed by atoms with Gasteiger partial charge in [0, 0.05) is 42.7 Å². The van der Waals surface area contributed by atoms with Crippen molar-refractivity contribution < 1.29 is 39.9 Å². The maximum Gasteiger partial charge on any atom is 0.148 e. The number of para-hydroxylation sites is 1. The van der Waals surface area contributed by atoms with E-state index < -0.39 is 65.8 Å². The number of aromatic nitrogens is 3. The van der Waals surface area contributed by atoms with E-state index in [1.807, 2.05) is 75.4 Å². The summed E-state index contributed by atoms with van der Waals surface area (Å²) in [7, 11) is 0. The minimum Gasteiger partial charge on any atom is -0.507 e. The third-order valence-electron chi connectivity index (χ3n) is 10.7. The van der Waals surface area contributed by atoms with Crippen molar-refractivity contribution in [1.82, 2.24) is 14.5 Å². The van der Waals surface area contributed by atoms with Crippen LogP contribution in [0.25, 0.3) is 72.7 Å². The molecular weight excluding hydrogens is 914 g/mol. The average Bonchev–Trinajstić information content (AvgIpc) is 3.66. The smallest absolute Gasteiger partial charge is 0.148 e. The number of aromatic hydroxyl groups is 1. The van der Waals surface area contributed by atoms with Crippen LogP contribution < -0.4 is 0 Å². The summed E-state index contributed by atoms with van der Waals surface area (Å²) in [5.74, 6) is 0.569. The first-order valence-electron chi connectivity index (χ1n) is 24.8. The van der Waals surface area contributed by atoms with E-state index in [2.05, 4.69) is 87.5 Å². The number of hydrogen-bond acceptors (Lipinski definition) is 3. The SMILES string of the molecule is [2H]c1nc(-c2[c-]c(-c3cccc4c3nc(-c3cc(C(C)(C)C)ccc3O)n4-c3ccc(-c4ccccc4)c(C(C)(C)C)c3)cc(C(C)(C)C)c2)c([2H])c(-c2c([2H])c([2H])c(C([2H])([2H])[2H])c([2H])c2[2H])c1[2H].[Pt]. The number of hydrogen-bond donors (Lipinski definition) is 1. The van der Waals surface area contributed by atoms with Crippen molar-refractivity contribution in [2.24, 2.45) is 0 Å². The largest absolute Gasteiger partial charge is 0.507 e. The van der Waals surface area contributed by atoms with E-state index in [1.54, 1.807) is 12.1 Å². The van der Waals surface area contributed by atoms with Gasteiger partial charge >= 0.3 is 0 Å². The molecule has 0 amide bonds. The van der Waals surface area contributed by atoms with Crippen LogP contribution in [0.3, 0.4) is 0 Å². The number of rotatable bonds is 6. The van der Waals surface area contributed by atoms with Crippen LogP contribution in [-0.4, -0.2) is 19.6 Å². The summed E-state index contributed by atoms with van der Waals surface area (Å²) in [5.41, 5.74) is 6.60. The molecule has 60 heavy (non-hydrogen) atoms. The van der Waals surface area contributed by atoms with Crippen molar-refractivity contribution in [2.75, 3.05) is 0 Å². The molecule has 8 rings (SSSR count). The molecule has 0 aliphatic carbocycles. The molecule has 0 aliphatic rings.